The van der Waals surface area contributed by atoms with Gasteiger partial charge in [-0.2, -0.15) is 0 Å². The van der Waals surface area contributed by atoms with Crippen LogP contribution in [-0.4, -0.2) is 50.9 Å². The number of hydrogen-bond donors (Lipinski definition) is 1. The lowest BCUT2D eigenvalue weighted by atomic mass is 10.5. The van der Waals surface area contributed by atoms with Crippen LogP contribution in [-0.2, 0) is 9.84 Å². The van der Waals surface area contributed by atoms with Gasteiger partial charge in [-0.1, -0.05) is 0 Å². The van der Waals surface area contributed by atoms with Gasteiger partial charge < -0.3 is 10.6 Å². The van der Waals surface area contributed by atoms with Crippen molar-refractivity contribution in [3.05, 3.63) is 0 Å². The Balaban J connectivity index is 0. The summed E-state index contributed by atoms with van der Waals surface area (Å²) in [7, 11) is -2.88. The Morgan fingerprint density at radius 1 is 1.31 bits per heavy atom. The van der Waals surface area contributed by atoms with E-state index in [4.69, 9.17) is 5.73 Å². The average molecular weight is 363 g/mol. The highest BCUT2D eigenvalue weighted by molar-refractivity contribution is 14.0. The van der Waals surface area contributed by atoms with Crippen molar-refractivity contribution in [1.82, 2.24) is 4.90 Å². The second-order valence-electron chi connectivity index (χ2n) is 3.40. The Bertz CT molecular complexity index is 300. The zero-order chi connectivity index (χ0) is 11.9. The Kier molecular flexibility index (Phi) is 10.3. The van der Waals surface area contributed by atoms with E-state index in [0.29, 0.717) is 18.9 Å². The van der Waals surface area contributed by atoms with Crippen molar-refractivity contribution in [3.8, 4) is 0 Å². The predicted molar refractivity (Wildman–Crippen MR) is 79.2 cm³/mol. The summed E-state index contributed by atoms with van der Waals surface area (Å²) < 4.78 is 21.7. The number of nitrogens with two attached hydrogens (primary N) is 1. The molecule has 0 amide bonds. The molecule has 0 spiro atoms. The maximum Gasteiger partial charge on any atom is 0.191 e. The molecular weight excluding hydrogens is 341 g/mol. The number of nitrogens with zero attached hydrogens (tertiary/aromatic N) is 2. The fourth-order valence-electron chi connectivity index (χ4n) is 1.17. The van der Waals surface area contributed by atoms with Crippen molar-refractivity contribution in [2.45, 2.75) is 20.3 Å². The molecule has 0 aliphatic rings. The van der Waals surface area contributed by atoms with Crippen LogP contribution in [0.25, 0.3) is 0 Å². The highest BCUT2D eigenvalue weighted by Crippen LogP contribution is 1.92. The number of rotatable bonds is 6. The molecule has 0 saturated heterocycles. The molecule has 0 aromatic carbocycles. The lowest BCUT2D eigenvalue weighted by molar-refractivity contribution is 0.458. The Hall–Kier alpha value is -0.0500. The molecule has 0 heterocycles. The minimum absolute atomic E-state index is 0. The van der Waals surface area contributed by atoms with Gasteiger partial charge in [-0.3, -0.25) is 4.99 Å². The molecular formula is C9H22IN3O2S. The van der Waals surface area contributed by atoms with Crippen LogP contribution in [0.15, 0.2) is 4.99 Å². The van der Waals surface area contributed by atoms with E-state index in [1.165, 1.54) is 6.26 Å². The molecule has 98 valence electrons. The van der Waals surface area contributed by atoms with E-state index in [0.717, 1.165) is 13.1 Å². The molecule has 0 saturated carbocycles. The summed E-state index contributed by atoms with van der Waals surface area (Å²) in [5.74, 6) is 0.663. The Morgan fingerprint density at radius 3 is 2.19 bits per heavy atom. The van der Waals surface area contributed by atoms with Crippen LogP contribution in [0.5, 0.6) is 0 Å². The van der Waals surface area contributed by atoms with Crippen LogP contribution in [0, 0.1) is 0 Å². The second-order valence-corrected chi connectivity index (χ2v) is 5.66. The van der Waals surface area contributed by atoms with E-state index in [2.05, 4.69) is 4.99 Å². The number of hydrogen-bond acceptors (Lipinski definition) is 3. The van der Waals surface area contributed by atoms with Gasteiger partial charge in [-0.05, 0) is 20.3 Å². The van der Waals surface area contributed by atoms with Crippen LogP contribution in [0.2, 0.25) is 0 Å². The molecule has 0 bridgehead atoms. The van der Waals surface area contributed by atoms with Crippen molar-refractivity contribution in [2.75, 3.05) is 31.6 Å². The molecule has 0 unspecified atom stereocenters. The van der Waals surface area contributed by atoms with Gasteiger partial charge in [0.25, 0.3) is 0 Å². The summed E-state index contributed by atoms with van der Waals surface area (Å²) in [6.45, 7) is 6.11. The molecule has 0 rings (SSSR count). The number of sulfone groups is 1. The second kappa shape index (κ2) is 9.03. The van der Waals surface area contributed by atoms with Gasteiger partial charge in [-0.25, -0.2) is 8.42 Å². The summed E-state index contributed by atoms with van der Waals surface area (Å²) in [4.78, 5) is 6.06. The standard InChI is InChI=1S/C9H21N3O2S.HI/c1-4-12(5-2)9(10)11-7-6-8-15(3,13)14;/h4-8H2,1-3H3,(H2,10,11);1H. The largest absolute Gasteiger partial charge is 0.370 e. The predicted octanol–water partition coefficient (Wildman–Crippen LogP) is 0.696. The smallest absolute Gasteiger partial charge is 0.191 e. The molecule has 0 atom stereocenters. The fourth-order valence-corrected chi connectivity index (χ4v) is 1.82. The van der Waals surface area contributed by atoms with E-state index in [-0.39, 0.29) is 29.7 Å². The molecule has 2 N–H and O–H groups in total. The first-order chi connectivity index (χ1) is 6.90. The number of halogens is 1. The molecule has 0 aliphatic carbocycles. The average Bonchev–Trinajstić information content (AvgIpc) is 2.13. The maximum absolute atomic E-state index is 10.8. The third kappa shape index (κ3) is 9.20. The first-order valence-corrected chi connectivity index (χ1v) is 7.19. The van der Waals surface area contributed by atoms with Gasteiger partial charge in [0.05, 0.1) is 5.75 Å². The first kappa shape index (κ1) is 18.3. The van der Waals surface area contributed by atoms with E-state index in [9.17, 15) is 8.42 Å². The van der Waals surface area contributed by atoms with Gasteiger partial charge >= 0.3 is 0 Å². The van der Waals surface area contributed by atoms with Crippen molar-refractivity contribution in [2.24, 2.45) is 10.7 Å². The van der Waals surface area contributed by atoms with Gasteiger partial charge in [0.15, 0.2) is 5.96 Å². The summed E-state index contributed by atoms with van der Waals surface area (Å²) >= 11 is 0. The summed E-state index contributed by atoms with van der Waals surface area (Å²) in [5.41, 5.74) is 5.72. The molecule has 5 nitrogen and oxygen atoms in total. The highest BCUT2D eigenvalue weighted by Gasteiger charge is 2.03. The van der Waals surface area contributed by atoms with Crippen molar-refractivity contribution in [3.63, 3.8) is 0 Å². The number of guanidine groups is 1. The van der Waals surface area contributed by atoms with Gasteiger partial charge in [0.1, 0.15) is 9.84 Å². The molecule has 16 heavy (non-hydrogen) atoms. The maximum atomic E-state index is 10.8. The van der Waals surface area contributed by atoms with Crippen molar-refractivity contribution < 1.29 is 8.42 Å². The first-order valence-electron chi connectivity index (χ1n) is 5.13. The zero-order valence-electron chi connectivity index (χ0n) is 10.1. The van der Waals surface area contributed by atoms with Crippen LogP contribution < -0.4 is 5.73 Å². The van der Waals surface area contributed by atoms with Gasteiger partial charge in [0, 0.05) is 25.9 Å². The molecule has 0 aromatic heterocycles. The summed E-state index contributed by atoms with van der Waals surface area (Å²) in [5, 5.41) is 0. The third-order valence-electron chi connectivity index (χ3n) is 2.03. The van der Waals surface area contributed by atoms with Crippen LogP contribution in [0.1, 0.15) is 20.3 Å². The summed E-state index contributed by atoms with van der Waals surface area (Å²) in [6.07, 6.45) is 1.76. The lowest BCUT2D eigenvalue weighted by Crippen LogP contribution is -2.37. The Morgan fingerprint density at radius 2 is 1.81 bits per heavy atom. The quantitative estimate of drug-likeness (QED) is 0.326. The molecule has 0 aliphatic heterocycles. The SMILES string of the molecule is CCN(CC)C(N)=NCCCS(C)(=O)=O.I. The highest BCUT2D eigenvalue weighted by atomic mass is 127. The lowest BCUT2D eigenvalue weighted by Gasteiger charge is -2.19. The zero-order valence-corrected chi connectivity index (χ0v) is 13.3. The van der Waals surface area contributed by atoms with E-state index < -0.39 is 9.84 Å². The van der Waals surface area contributed by atoms with E-state index in [1.54, 1.807) is 0 Å². The topological polar surface area (TPSA) is 75.8 Å². The number of aliphatic imine (C=N–C) groups is 1. The minimum atomic E-state index is -2.88. The molecule has 0 radical (unpaired) electrons. The van der Waals surface area contributed by atoms with E-state index >= 15 is 0 Å². The van der Waals surface area contributed by atoms with Crippen LogP contribution in [0.4, 0.5) is 0 Å². The Labute approximate surface area is 115 Å². The third-order valence-corrected chi connectivity index (χ3v) is 3.06. The van der Waals surface area contributed by atoms with Crippen molar-refractivity contribution >= 4 is 39.8 Å². The molecule has 7 heteroatoms. The molecule has 0 aromatic rings. The van der Waals surface area contributed by atoms with Crippen LogP contribution in [0.3, 0.4) is 0 Å². The normalized spacial score (nSPS) is 12.1. The minimum Gasteiger partial charge on any atom is -0.370 e. The van der Waals surface area contributed by atoms with Gasteiger partial charge in [0.2, 0.25) is 0 Å². The van der Waals surface area contributed by atoms with Gasteiger partial charge in [-0.15, -0.1) is 24.0 Å². The van der Waals surface area contributed by atoms with E-state index in [1.807, 2.05) is 18.7 Å². The van der Waals surface area contributed by atoms with Crippen molar-refractivity contribution in [1.29, 1.82) is 0 Å². The van der Waals surface area contributed by atoms with Crippen LogP contribution >= 0.6 is 24.0 Å². The fraction of sp³-hybridized carbons (Fsp3) is 0.889. The summed E-state index contributed by atoms with van der Waals surface area (Å²) in [6, 6.07) is 0. The molecule has 0 fully saturated rings. The monoisotopic (exact) mass is 363 g/mol.